The lowest BCUT2D eigenvalue weighted by Crippen LogP contribution is -2.22. The molecule has 0 radical (unpaired) electrons. The molecule has 1 aromatic heterocycles. The molecule has 5 heteroatoms. The molecule has 144 valence electrons. The van der Waals surface area contributed by atoms with Crippen molar-refractivity contribution in [2.24, 2.45) is 0 Å². The van der Waals surface area contributed by atoms with Crippen molar-refractivity contribution in [3.05, 3.63) is 70.4 Å². The van der Waals surface area contributed by atoms with Crippen molar-refractivity contribution in [3.63, 3.8) is 0 Å². The van der Waals surface area contributed by atoms with Crippen molar-refractivity contribution in [2.75, 3.05) is 11.9 Å². The summed E-state index contributed by atoms with van der Waals surface area (Å²) in [5.41, 5.74) is 5.59. The second kappa shape index (κ2) is 8.21. The summed E-state index contributed by atoms with van der Waals surface area (Å²) in [5.74, 6) is -0.893. The Morgan fingerprint density at radius 3 is 2.50 bits per heavy atom. The number of carbonyl (C=O) groups excluding carboxylic acids is 2. The number of hydrogen-bond acceptors (Lipinski definition) is 4. The van der Waals surface area contributed by atoms with E-state index in [-0.39, 0.29) is 12.5 Å². The zero-order valence-corrected chi connectivity index (χ0v) is 16.6. The molecule has 3 aromatic rings. The van der Waals surface area contributed by atoms with Crippen LogP contribution in [0.2, 0.25) is 0 Å². The molecule has 1 heterocycles. The molecule has 0 aliphatic heterocycles. The van der Waals surface area contributed by atoms with Crippen molar-refractivity contribution in [1.29, 1.82) is 0 Å². The Labute approximate surface area is 164 Å². The third-order valence-electron chi connectivity index (χ3n) is 4.98. The number of ether oxygens (including phenoxy) is 1. The van der Waals surface area contributed by atoms with E-state index in [1.165, 1.54) is 0 Å². The van der Waals surface area contributed by atoms with E-state index in [0.717, 1.165) is 33.3 Å². The van der Waals surface area contributed by atoms with E-state index in [4.69, 9.17) is 4.74 Å². The van der Waals surface area contributed by atoms with Crippen molar-refractivity contribution >= 4 is 28.5 Å². The number of fused-ring (bicyclic) bond motifs is 1. The molecule has 3 rings (SSSR count). The van der Waals surface area contributed by atoms with Crippen molar-refractivity contribution in [1.82, 2.24) is 4.98 Å². The van der Waals surface area contributed by atoms with Gasteiger partial charge in [0.15, 0.2) is 6.61 Å². The normalized spacial score (nSPS) is 10.7. The standard InChI is InChI=1S/C23H24N2O3/c1-5-18-22(16(4)17-10-6-7-11-20(17)24-18)23(27)28-13-21(26)25-19-12-8-9-14(2)15(19)3/h6-12H,5,13H2,1-4H3,(H,25,26). The predicted octanol–water partition coefficient (Wildman–Crippen LogP) is 4.52. The molecule has 0 aliphatic rings. The van der Waals surface area contributed by atoms with Crippen LogP contribution in [0.3, 0.4) is 0 Å². The number of pyridine rings is 1. The first-order valence-corrected chi connectivity index (χ1v) is 9.33. The van der Waals surface area contributed by atoms with Gasteiger partial charge in [-0.15, -0.1) is 0 Å². The number of rotatable bonds is 5. The van der Waals surface area contributed by atoms with E-state index >= 15 is 0 Å². The topological polar surface area (TPSA) is 68.3 Å². The first-order valence-electron chi connectivity index (χ1n) is 9.33. The Kier molecular flexibility index (Phi) is 5.73. The van der Waals surface area contributed by atoms with Gasteiger partial charge >= 0.3 is 5.97 Å². The second-order valence-electron chi connectivity index (χ2n) is 6.80. The molecule has 0 spiro atoms. The summed E-state index contributed by atoms with van der Waals surface area (Å²) in [6, 6.07) is 13.4. The van der Waals surface area contributed by atoms with E-state index < -0.39 is 5.97 Å². The van der Waals surface area contributed by atoms with E-state index in [1.54, 1.807) is 0 Å². The minimum absolute atomic E-state index is 0.346. The molecule has 5 nitrogen and oxygen atoms in total. The first-order chi connectivity index (χ1) is 13.4. The summed E-state index contributed by atoms with van der Waals surface area (Å²) >= 11 is 0. The van der Waals surface area contributed by atoms with Gasteiger partial charge in [0.25, 0.3) is 5.91 Å². The number of aryl methyl sites for hydroxylation is 3. The monoisotopic (exact) mass is 376 g/mol. The Bertz CT molecular complexity index is 1060. The van der Waals surface area contributed by atoms with Crippen LogP contribution in [0.15, 0.2) is 42.5 Å². The fourth-order valence-corrected chi connectivity index (χ4v) is 3.24. The Balaban J connectivity index is 1.77. The van der Waals surface area contributed by atoms with Gasteiger partial charge in [-0.2, -0.15) is 0 Å². The molecule has 0 atom stereocenters. The largest absolute Gasteiger partial charge is 0.452 e. The molecule has 0 aliphatic carbocycles. The van der Waals surface area contributed by atoms with E-state index in [2.05, 4.69) is 10.3 Å². The Morgan fingerprint density at radius 2 is 1.75 bits per heavy atom. The summed E-state index contributed by atoms with van der Waals surface area (Å²) in [7, 11) is 0. The third-order valence-corrected chi connectivity index (χ3v) is 4.98. The zero-order valence-electron chi connectivity index (χ0n) is 16.6. The summed E-state index contributed by atoms with van der Waals surface area (Å²) in [5, 5.41) is 3.71. The lowest BCUT2D eigenvalue weighted by Gasteiger charge is -2.14. The molecule has 0 bridgehead atoms. The number of esters is 1. The maximum absolute atomic E-state index is 12.7. The highest BCUT2D eigenvalue weighted by Gasteiger charge is 2.20. The second-order valence-corrected chi connectivity index (χ2v) is 6.80. The SMILES string of the molecule is CCc1nc2ccccc2c(C)c1C(=O)OCC(=O)Nc1cccc(C)c1C. The Hall–Kier alpha value is -3.21. The van der Waals surface area contributed by atoms with Crippen molar-refractivity contribution < 1.29 is 14.3 Å². The van der Waals surface area contributed by atoms with Crippen LogP contribution >= 0.6 is 0 Å². The number of nitrogens with one attached hydrogen (secondary N) is 1. The highest BCUT2D eigenvalue weighted by Crippen LogP contribution is 2.24. The predicted molar refractivity (Wildman–Crippen MR) is 111 cm³/mol. The lowest BCUT2D eigenvalue weighted by molar-refractivity contribution is -0.119. The van der Waals surface area contributed by atoms with Gasteiger partial charge in [0.1, 0.15) is 0 Å². The van der Waals surface area contributed by atoms with Gasteiger partial charge in [-0.1, -0.05) is 37.3 Å². The Morgan fingerprint density at radius 1 is 1.00 bits per heavy atom. The summed E-state index contributed by atoms with van der Waals surface area (Å²) in [6.07, 6.45) is 0.602. The average molecular weight is 376 g/mol. The number of carbonyl (C=O) groups is 2. The maximum atomic E-state index is 12.7. The number of amides is 1. The lowest BCUT2D eigenvalue weighted by atomic mass is 10.0. The molecule has 0 saturated carbocycles. The fourth-order valence-electron chi connectivity index (χ4n) is 3.24. The van der Waals surface area contributed by atoms with Gasteiger partial charge < -0.3 is 10.1 Å². The number of benzene rings is 2. The van der Waals surface area contributed by atoms with Gasteiger partial charge in [0.05, 0.1) is 16.8 Å². The van der Waals surface area contributed by atoms with Crippen LogP contribution in [0.5, 0.6) is 0 Å². The molecule has 1 N–H and O–H groups in total. The van der Waals surface area contributed by atoms with E-state index in [9.17, 15) is 9.59 Å². The molecule has 0 fully saturated rings. The van der Waals surface area contributed by atoms with Crippen LogP contribution in [0.25, 0.3) is 10.9 Å². The third kappa shape index (κ3) is 3.88. The number of aromatic nitrogens is 1. The van der Waals surface area contributed by atoms with Crippen molar-refractivity contribution in [3.8, 4) is 0 Å². The highest BCUT2D eigenvalue weighted by atomic mass is 16.5. The first kappa shape index (κ1) is 19.5. The van der Waals surface area contributed by atoms with Crippen LogP contribution in [-0.4, -0.2) is 23.5 Å². The van der Waals surface area contributed by atoms with Gasteiger partial charge in [-0.3, -0.25) is 9.78 Å². The van der Waals surface area contributed by atoms with Crippen LogP contribution in [-0.2, 0) is 16.0 Å². The number of para-hydroxylation sites is 1. The molecule has 0 saturated heterocycles. The van der Waals surface area contributed by atoms with Gasteiger partial charge in [0.2, 0.25) is 0 Å². The molecular weight excluding hydrogens is 352 g/mol. The summed E-state index contributed by atoms with van der Waals surface area (Å²) in [4.78, 5) is 29.6. The van der Waals surface area contributed by atoms with Crippen LogP contribution in [0.1, 0.15) is 39.7 Å². The number of hydrogen-bond donors (Lipinski definition) is 1. The van der Waals surface area contributed by atoms with E-state index in [0.29, 0.717) is 17.7 Å². The maximum Gasteiger partial charge on any atom is 0.340 e. The summed E-state index contributed by atoms with van der Waals surface area (Å²) < 4.78 is 5.31. The van der Waals surface area contributed by atoms with Crippen LogP contribution in [0.4, 0.5) is 5.69 Å². The van der Waals surface area contributed by atoms with Gasteiger partial charge in [0, 0.05) is 11.1 Å². The van der Waals surface area contributed by atoms with Crippen molar-refractivity contribution in [2.45, 2.75) is 34.1 Å². The van der Waals surface area contributed by atoms with Gasteiger partial charge in [-0.05, 0) is 56.0 Å². The average Bonchev–Trinajstić information content (AvgIpc) is 2.69. The molecule has 2 aromatic carbocycles. The smallest absolute Gasteiger partial charge is 0.340 e. The zero-order chi connectivity index (χ0) is 20.3. The fraction of sp³-hybridized carbons (Fsp3) is 0.261. The number of anilines is 1. The molecule has 28 heavy (non-hydrogen) atoms. The molecule has 0 unspecified atom stereocenters. The van der Waals surface area contributed by atoms with E-state index in [1.807, 2.05) is 70.2 Å². The minimum Gasteiger partial charge on any atom is -0.452 e. The minimum atomic E-state index is -0.524. The van der Waals surface area contributed by atoms with Gasteiger partial charge in [-0.25, -0.2) is 4.79 Å². The van der Waals surface area contributed by atoms with Crippen LogP contribution in [0, 0.1) is 20.8 Å². The molecule has 1 amide bonds. The highest BCUT2D eigenvalue weighted by molar-refractivity contribution is 6.00. The molecular formula is C23H24N2O3. The van der Waals surface area contributed by atoms with Crippen LogP contribution < -0.4 is 5.32 Å². The summed E-state index contributed by atoms with van der Waals surface area (Å²) in [6.45, 7) is 7.40. The quantitative estimate of drug-likeness (QED) is 0.665. The number of nitrogens with zero attached hydrogens (tertiary/aromatic N) is 1.